The van der Waals surface area contributed by atoms with E-state index in [1.165, 1.54) is 5.56 Å². The minimum Gasteiger partial charge on any atom is -0.426 e. The second-order valence-electron chi connectivity index (χ2n) is 6.82. The molecule has 4 aromatic rings. The van der Waals surface area contributed by atoms with E-state index in [1.54, 1.807) is 18.5 Å². The van der Waals surface area contributed by atoms with Crippen molar-refractivity contribution in [3.05, 3.63) is 89.0 Å². The predicted octanol–water partition coefficient (Wildman–Crippen LogP) is 4.45. The van der Waals surface area contributed by atoms with Crippen LogP contribution in [0.1, 0.15) is 11.1 Å². The number of pyridine rings is 1. The van der Waals surface area contributed by atoms with Crippen molar-refractivity contribution in [2.45, 2.75) is 6.42 Å². The summed E-state index contributed by atoms with van der Waals surface area (Å²) in [6.45, 7) is 4.81. The number of benzene rings is 2. The summed E-state index contributed by atoms with van der Waals surface area (Å²) >= 11 is 0. The third-order valence-electron chi connectivity index (χ3n) is 5.10. The fourth-order valence-corrected chi connectivity index (χ4v) is 3.73. The Hall–Kier alpha value is -3.93. The topological polar surface area (TPSA) is 71.1 Å². The number of fused-ring (bicyclic) bond motifs is 2. The maximum absolute atomic E-state index is 12.2. The second-order valence-corrected chi connectivity index (χ2v) is 6.82. The minimum absolute atomic E-state index is 0.155. The molecule has 0 aliphatic carbocycles. The van der Waals surface area contributed by atoms with E-state index in [1.807, 2.05) is 36.4 Å². The number of anilines is 2. The third-order valence-corrected chi connectivity index (χ3v) is 5.10. The molecule has 0 atom stereocenters. The van der Waals surface area contributed by atoms with Crippen LogP contribution in [0, 0.1) is 0 Å². The first-order valence-electron chi connectivity index (χ1n) is 9.37. The minimum atomic E-state index is -0.249. The third kappa shape index (κ3) is 3.04. The van der Waals surface area contributed by atoms with Gasteiger partial charge in [0, 0.05) is 24.1 Å². The second kappa shape index (κ2) is 6.91. The number of hydrogen-bond donors (Lipinski definition) is 1. The molecular formula is C23H18N4O2. The van der Waals surface area contributed by atoms with Crippen molar-refractivity contribution < 1.29 is 4.74 Å². The van der Waals surface area contributed by atoms with Gasteiger partial charge in [-0.05, 0) is 47.9 Å². The molecular weight excluding hydrogens is 364 g/mol. The Balaban J connectivity index is 1.46. The molecule has 1 aliphatic heterocycles. The van der Waals surface area contributed by atoms with Gasteiger partial charge in [-0.2, -0.15) is 4.98 Å². The highest BCUT2D eigenvalue weighted by atomic mass is 16.5. The van der Waals surface area contributed by atoms with E-state index in [0.29, 0.717) is 16.7 Å². The smallest absolute Gasteiger partial charge is 0.302 e. The zero-order chi connectivity index (χ0) is 19.8. The Morgan fingerprint density at radius 3 is 2.93 bits per heavy atom. The molecule has 1 N–H and O–H groups in total. The molecule has 5 rings (SSSR count). The molecule has 2 aromatic carbocycles. The Labute approximate surface area is 167 Å². The summed E-state index contributed by atoms with van der Waals surface area (Å²) in [5.41, 5.74) is 4.83. The molecule has 3 heterocycles. The van der Waals surface area contributed by atoms with Crippen molar-refractivity contribution in [3.63, 3.8) is 0 Å². The van der Waals surface area contributed by atoms with E-state index >= 15 is 0 Å². The van der Waals surface area contributed by atoms with Crippen molar-refractivity contribution >= 4 is 28.4 Å². The SMILES string of the molecule is C=Cc1ccccc1N1CCc2cc(Oc3nc4cnccc4c(=O)[nH]3)ccc21. The first-order valence-corrected chi connectivity index (χ1v) is 9.37. The van der Waals surface area contributed by atoms with E-state index in [9.17, 15) is 4.79 Å². The van der Waals surface area contributed by atoms with Gasteiger partial charge >= 0.3 is 6.01 Å². The summed E-state index contributed by atoms with van der Waals surface area (Å²) in [4.78, 5) is 25.6. The van der Waals surface area contributed by atoms with Gasteiger partial charge in [0.05, 0.1) is 17.1 Å². The summed E-state index contributed by atoms with van der Waals surface area (Å²) in [5, 5.41) is 0.484. The zero-order valence-electron chi connectivity index (χ0n) is 15.6. The van der Waals surface area contributed by atoms with Gasteiger partial charge in [0.2, 0.25) is 0 Å². The average molecular weight is 382 g/mol. The molecule has 0 spiro atoms. The van der Waals surface area contributed by atoms with Gasteiger partial charge in [-0.1, -0.05) is 30.9 Å². The van der Waals surface area contributed by atoms with Crippen LogP contribution in [0.15, 0.2) is 72.3 Å². The lowest BCUT2D eigenvalue weighted by atomic mass is 10.1. The van der Waals surface area contributed by atoms with Gasteiger partial charge in [0.25, 0.3) is 5.56 Å². The predicted molar refractivity (Wildman–Crippen MR) is 114 cm³/mol. The number of para-hydroxylation sites is 1. The fraction of sp³-hybridized carbons (Fsp3) is 0.0870. The monoisotopic (exact) mass is 382 g/mol. The van der Waals surface area contributed by atoms with Crippen LogP contribution in [0.3, 0.4) is 0 Å². The number of H-pyrrole nitrogens is 1. The van der Waals surface area contributed by atoms with E-state index in [2.05, 4.69) is 38.6 Å². The molecule has 142 valence electrons. The van der Waals surface area contributed by atoms with E-state index < -0.39 is 0 Å². The van der Waals surface area contributed by atoms with Crippen LogP contribution in [0.5, 0.6) is 11.8 Å². The number of ether oxygens (including phenoxy) is 1. The molecule has 0 fully saturated rings. The number of hydrogen-bond acceptors (Lipinski definition) is 5. The molecule has 1 aliphatic rings. The van der Waals surface area contributed by atoms with Crippen LogP contribution in [-0.4, -0.2) is 21.5 Å². The lowest BCUT2D eigenvalue weighted by Crippen LogP contribution is -2.14. The highest BCUT2D eigenvalue weighted by molar-refractivity contribution is 5.78. The standard InChI is InChI=1S/C23H18N4O2/c1-2-15-5-3-4-6-20(15)27-12-10-16-13-17(7-8-21(16)27)29-23-25-19-14-24-11-9-18(19)22(28)26-23/h2-9,11,13-14H,1,10,12H2,(H,25,26,28). The Bertz CT molecular complexity index is 1300. The number of aromatic nitrogens is 3. The molecule has 0 unspecified atom stereocenters. The Kier molecular flexibility index (Phi) is 4.09. The molecule has 2 aromatic heterocycles. The molecule has 29 heavy (non-hydrogen) atoms. The normalized spacial score (nSPS) is 12.8. The summed E-state index contributed by atoms with van der Waals surface area (Å²) in [6, 6.07) is 15.9. The number of nitrogens with zero attached hydrogens (tertiary/aromatic N) is 3. The van der Waals surface area contributed by atoms with Crippen LogP contribution in [0.2, 0.25) is 0 Å². The number of nitrogens with one attached hydrogen (secondary N) is 1. The summed E-state index contributed by atoms with van der Waals surface area (Å²) in [7, 11) is 0. The van der Waals surface area contributed by atoms with Gasteiger partial charge in [-0.3, -0.25) is 14.8 Å². The van der Waals surface area contributed by atoms with E-state index in [4.69, 9.17) is 4.74 Å². The average Bonchev–Trinajstić information content (AvgIpc) is 3.17. The maximum atomic E-state index is 12.2. The van der Waals surface area contributed by atoms with Crippen LogP contribution in [0.25, 0.3) is 17.0 Å². The highest BCUT2D eigenvalue weighted by Gasteiger charge is 2.22. The Morgan fingerprint density at radius 1 is 1.14 bits per heavy atom. The molecule has 0 amide bonds. The van der Waals surface area contributed by atoms with Gasteiger partial charge < -0.3 is 9.64 Å². The summed E-state index contributed by atoms with van der Waals surface area (Å²) in [5.74, 6) is 0.633. The summed E-state index contributed by atoms with van der Waals surface area (Å²) in [6.07, 6.45) is 5.90. The molecule has 0 radical (unpaired) electrons. The first kappa shape index (κ1) is 17.2. The van der Waals surface area contributed by atoms with Crippen LogP contribution >= 0.6 is 0 Å². The summed E-state index contributed by atoms with van der Waals surface area (Å²) < 4.78 is 5.85. The molecule has 0 saturated carbocycles. The maximum Gasteiger partial charge on any atom is 0.302 e. The first-order chi connectivity index (χ1) is 14.2. The lowest BCUT2D eigenvalue weighted by Gasteiger charge is -2.22. The van der Waals surface area contributed by atoms with Gasteiger partial charge in [-0.15, -0.1) is 0 Å². The number of rotatable bonds is 4. The fourth-order valence-electron chi connectivity index (χ4n) is 3.73. The van der Waals surface area contributed by atoms with Crippen molar-refractivity contribution in [2.24, 2.45) is 0 Å². The number of aromatic amines is 1. The molecule has 0 bridgehead atoms. The highest BCUT2D eigenvalue weighted by Crippen LogP contribution is 2.38. The van der Waals surface area contributed by atoms with Gasteiger partial charge in [0.1, 0.15) is 5.75 Å². The van der Waals surface area contributed by atoms with Crippen molar-refractivity contribution in [3.8, 4) is 11.8 Å². The molecule has 6 nitrogen and oxygen atoms in total. The molecule has 6 heteroatoms. The van der Waals surface area contributed by atoms with Crippen LogP contribution in [0.4, 0.5) is 11.4 Å². The van der Waals surface area contributed by atoms with Gasteiger partial charge in [-0.25, -0.2) is 0 Å². The Morgan fingerprint density at radius 2 is 2.03 bits per heavy atom. The molecule has 0 saturated heterocycles. The van der Waals surface area contributed by atoms with Crippen LogP contribution < -0.4 is 15.2 Å². The quantitative estimate of drug-likeness (QED) is 0.565. The van der Waals surface area contributed by atoms with E-state index in [0.717, 1.165) is 29.9 Å². The van der Waals surface area contributed by atoms with Crippen molar-refractivity contribution in [1.82, 2.24) is 15.0 Å². The van der Waals surface area contributed by atoms with E-state index in [-0.39, 0.29) is 11.6 Å². The zero-order valence-corrected chi connectivity index (χ0v) is 15.6. The largest absolute Gasteiger partial charge is 0.426 e. The van der Waals surface area contributed by atoms with Crippen molar-refractivity contribution in [1.29, 1.82) is 0 Å². The van der Waals surface area contributed by atoms with Crippen LogP contribution in [-0.2, 0) is 6.42 Å². The lowest BCUT2D eigenvalue weighted by molar-refractivity contribution is 0.442. The van der Waals surface area contributed by atoms with Crippen molar-refractivity contribution in [2.75, 3.05) is 11.4 Å². The van der Waals surface area contributed by atoms with Gasteiger partial charge in [0.15, 0.2) is 0 Å².